The largest absolute Gasteiger partial charge is 0.336 e. The van der Waals surface area contributed by atoms with Crippen molar-refractivity contribution in [3.63, 3.8) is 0 Å². The number of halogens is 4. The minimum absolute atomic E-state index is 0.246. The maximum absolute atomic E-state index is 13.4. The van der Waals surface area contributed by atoms with Gasteiger partial charge in [-0.1, -0.05) is 34.0 Å². The van der Waals surface area contributed by atoms with E-state index < -0.39 is 0 Å². The molecule has 2 N–H and O–H groups in total. The van der Waals surface area contributed by atoms with Gasteiger partial charge in [0.1, 0.15) is 34.3 Å². The number of thioether (sulfide) groups is 2. The second-order valence-corrected chi connectivity index (χ2v) is 17.7. The Labute approximate surface area is 376 Å². The van der Waals surface area contributed by atoms with E-state index in [1.165, 1.54) is 48.5 Å². The summed E-state index contributed by atoms with van der Waals surface area (Å²) in [7, 11) is 0. The molecule has 332 valence electrons. The molecule has 4 aromatic carbocycles. The van der Waals surface area contributed by atoms with E-state index in [1.54, 1.807) is 59.9 Å². The average Bonchev–Trinajstić information content (AvgIpc) is 4.14. The molecule has 18 heteroatoms. The lowest BCUT2D eigenvalue weighted by Crippen LogP contribution is -2.36. The van der Waals surface area contributed by atoms with E-state index in [0.717, 1.165) is 133 Å². The summed E-state index contributed by atoms with van der Waals surface area (Å²) in [6.45, 7) is 5.68. The Morgan fingerprint density at radius 2 is 0.906 bits per heavy atom. The lowest BCUT2D eigenvalue weighted by Gasteiger charge is -2.32. The van der Waals surface area contributed by atoms with E-state index in [9.17, 15) is 17.6 Å². The third kappa shape index (κ3) is 9.89. The average molecular weight is 909 g/mol. The number of aromatic nitrogens is 10. The van der Waals surface area contributed by atoms with Crippen LogP contribution >= 0.6 is 23.5 Å². The summed E-state index contributed by atoms with van der Waals surface area (Å²) in [6, 6.07) is 22.8. The molecule has 4 aromatic heterocycles. The van der Waals surface area contributed by atoms with Crippen molar-refractivity contribution in [3.05, 3.63) is 120 Å². The molecule has 0 unspecified atom stereocenters. The summed E-state index contributed by atoms with van der Waals surface area (Å²) >= 11 is 3.14. The highest BCUT2D eigenvalue weighted by Gasteiger charge is 2.25. The lowest BCUT2D eigenvalue weighted by atomic mass is 10.0. The predicted molar refractivity (Wildman–Crippen MR) is 243 cm³/mol. The number of H-pyrrole nitrogens is 2. The van der Waals surface area contributed by atoms with Gasteiger partial charge in [-0.3, -0.25) is 0 Å². The highest BCUT2D eigenvalue weighted by atomic mass is 32.2. The molecule has 0 bridgehead atoms. The van der Waals surface area contributed by atoms with E-state index in [0.29, 0.717) is 11.0 Å². The van der Waals surface area contributed by atoms with Crippen molar-refractivity contribution in [3.8, 4) is 22.5 Å². The highest BCUT2D eigenvalue weighted by Crippen LogP contribution is 2.31. The first-order valence-corrected chi connectivity index (χ1v) is 23.9. The summed E-state index contributed by atoms with van der Waals surface area (Å²) < 4.78 is 57.4. The van der Waals surface area contributed by atoms with Crippen molar-refractivity contribution in [1.82, 2.24) is 59.7 Å². The van der Waals surface area contributed by atoms with Gasteiger partial charge in [-0.2, -0.15) is 0 Å². The van der Waals surface area contributed by atoms with Crippen LogP contribution in [0.4, 0.5) is 17.6 Å². The maximum Gasteiger partial charge on any atom is 0.165 e. The van der Waals surface area contributed by atoms with Crippen molar-refractivity contribution in [2.75, 3.05) is 51.8 Å². The van der Waals surface area contributed by atoms with Gasteiger partial charge in [-0.15, -0.1) is 10.2 Å². The van der Waals surface area contributed by atoms with Crippen LogP contribution in [-0.4, -0.2) is 112 Å². The molecule has 64 heavy (non-hydrogen) atoms. The normalized spacial score (nSPS) is 15.6. The third-order valence-electron chi connectivity index (χ3n) is 12.2. The number of imidazole rings is 2. The summed E-state index contributed by atoms with van der Waals surface area (Å²) in [5.41, 5.74) is 8.76. The molecule has 12 nitrogen and oxygen atoms in total. The molecular formula is C46H48F4N12S2. The van der Waals surface area contributed by atoms with Gasteiger partial charge in [0.05, 0.1) is 34.5 Å². The first kappa shape index (κ1) is 43.7. The van der Waals surface area contributed by atoms with Crippen LogP contribution in [0.2, 0.25) is 0 Å². The number of nitrogens with one attached hydrogen (secondary N) is 2. The van der Waals surface area contributed by atoms with Gasteiger partial charge in [0.25, 0.3) is 0 Å². The zero-order valence-electron chi connectivity index (χ0n) is 35.5. The van der Waals surface area contributed by atoms with Crippen LogP contribution in [-0.2, 0) is 12.8 Å². The number of likely N-dealkylation sites (tertiary alicyclic amines) is 2. The number of hydrogen-bond acceptors (Lipinski definition) is 10. The van der Waals surface area contributed by atoms with Crippen molar-refractivity contribution >= 4 is 45.6 Å². The molecule has 2 fully saturated rings. The molecule has 0 spiro atoms. The van der Waals surface area contributed by atoms with E-state index in [4.69, 9.17) is 9.97 Å². The summed E-state index contributed by atoms with van der Waals surface area (Å²) in [6.07, 6.45) is 9.56. The number of aromatic amines is 2. The Hall–Kier alpha value is -5.56. The Bertz CT molecular complexity index is 2610. The second kappa shape index (κ2) is 19.7. The molecule has 0 radical (unpaired) electrons. The van der Waals surface area contributed by atoms with Gasteiger partial charge in [0.15, 0.2) is 10.3 Å². The van der Waals surface area contributed by atoms with Crippen LogP contribution in [0.1, 0.15) is 49.2 Å². The van der Waals surface area contributed by atoms with Gasteiger partial charge < -0.3 is 19.8 Å². The van der Waals surface area contributed by atoms with Crippen molar-refractivity contribution < 1.29 is 17.6 Å². The molecule has 0 saturated carbocycles. The Morgan fingerprint density at radius 3 is 1.28 bits per heavy atom. The quantitative estimate of drug-likeness (QED) is 0.0905. The summed E-state index contributed by atoms with van der Waals surface area (Å²) in [5.74, 6) is -1.07. The lowest BCUT2D eigenvalue weighted by molar-refractivity contribution is 0.182. The van der Waals surface area contributed by atoms with Gasteiger partial charge in [-0.05, 0) is 111 Å². The number of fused-ring (bicyclic) bond motifs is 2. The topological polar surface area (TPSA) is 125 Å². The van der Waals surface area contributed by atoms with Gasteiger partial charge in [0, 0.05) is 86.8 Å². The highest BCUT2D eigenvalue weighted by molar-refractivity contribution is 7.98. The number of hydrogen-bond donors (Lipinski definition) is 2. The molecule has 2 aliphatic rings. The molecule has 0 atom stereocenters. The standard InChI is InChI=1S/2C23H24F2N6S/c2*1-32-23-26-19(22(27-23)15-2-4-16(24)5-3-15)10-13-30-11-8-18(9-12-30)31-21-7-6-17(25)14-20(21)28-29-31/h2*2-7,14,18H,8-13H2,1H3,(H,26,27). The van der Waals surface area contributed by atoms with Crippen molar-refractivity contribution in [1.29, 1.82) is 0 Å². The van der Waals surface area contributed by atoms with Crippen LogP contribution in [0, 0.1) is 23.3 Å². The molecule has 0 aliphatic carbocycles. The number of piperidine rings is 2. The van der Waals surface area contributed by atoms with E-state index in [-0.39, 0.29) is 35.4 Å². The zero-order valence-corrected chi connectivity index (χ0v) is 37.2. The zero-order chi connectivity index (χ0) is 44.2. The summed E-state index contributed by atoms with van der Waals surface area (Å²) in [4.78, 5) is 21.1. The molecule has 10 rings (SSSR count). The van der Waals surface area contributed by atoms with E-state index >= 15 is 0 Å². The van der Waals surface area contributed by atoms with Crippen LogP contribution in [0.15, 0.2) is 95.2 Å². The van der Waals surface area contributed by atoms with Crippen molar-refractivity contribution in [2.45, 2.75) is 60.9 Å². The van der Waals surface area contributed by atoms with E-state index in [1.807, 2.05) is 21.9 Å². The fourth-order valence-electron chi connectivity index (χ4n) is 8.70. The minimum Gasteiger partial charge on any atom is -0.336 e. The molecule has 6 heterocycles. The Balaban J connectivity index is 0.000000162. The van der Waals surface area contributed by atoms with Gasteiger partial charge in [-0.25, -0.2) is 36.9 Å². The molecule has 2 aliphatic heterocycles. The monoisotopic (exact) mass is 908 g/mol. The first-order valence-electron chi connectivity index (χ1n) is 21.4. The Kier molecular flexibility index (Phi) is 13.4. The van der Waals surface area contributed by atoms with Crippen LogP contribution in [0.25, 0.3) is 44.6 Å². The van der Waals surface area contributed by atoms with E-state index in [2.05, 4.69) is 40.4 Å². The number of benzene rings is 4. The molecule has 8 aromatic rings. The fourth-order valence-corrected chi connectivity index (χ4v) is 9.52. The summed E-state index contributed by atoms with van der Waals surface area (Å²) in [5, 5.41) is 18.6. The molecular weight excluding hydrogens is 861 g/mol. The maximum atomic E-state index is 13.4. The third-order valence-corrected chi connectivity index (χ3v) is 13.3. The van der Waals surface area contributed by atoms with Crippen LogP contribution in [0.5, 0.6) is 0 Å². The molecule has 2 saturated heterocycles. The number of rotatable bonds is 12. The van der Waals surface area contributed by atoms with Crippen LogP contribution < -0.4 is 0 Å². The number of nitrogens with zero attached hydrogens (tertiary/aromatic N) is 10. The van der Waals surface area contributed by atoms with Crippen molar-refractivity contribution in [2.24, 2.45) is 0 Å². The predicted octanol–water partition coefficient (Wildman–Crippen LogP) is 9.40. The van der Waals surface area contributed by atoms with Gasteiger partial charge in [0.2, 0.25) is 0 Å². The Morgan fingerprint density at radius 1 is 0.531 bits per heavy atom. The SMILES string of the molecule is CSc1nc(-c2ccc(F)cc2)c(CCN2CCC(n3nnc4cc(F)ccc43)CC2)[nH]1.CSc1nc(-c2ccc(F)cc2)c(CCN2CCC(n3nnc4cc(F)ccc43)CC2)[nH]1. The first-order chi connectivity index (χ1) is 31.2. The smallest absolute Gasteiger partial charge is 0.165 e. The second-order valence-electron chi connectivity index (χ2n) is 16.1. The van der Waals surface area contributed by atoms with Gasteiger partial charge >= 0.3 is 0 Å². The fraction of sp³-hybridized carbons (Fsp3) is 0.348. The molecule has 0 amide bonds. The minimum atomic E-state index is -0.289. The van der Waals surface area contributed by atoms with Crippen LogP contribution in [0.3, 0.4) is 0 Å².